The number of nitrogens with zero attached hydrogens (tertiary/aromatic N) is 5. The van der Waals surface area contributed by atoms with Crippen LogP contribution >= 0.6 is 0 Å². The van der Waals surface area contributed by atoms with Crippen molar-refractivity contribution in [2.45, 2.75) is 20.4 Å². The molecule has 4 heterocycles. The molecule has 1 fully saturated rings. The van der Waals surface area contributed by atoms with Gasteiger partial charge in [-0.15, -0.1) is 0 Å². The Hall–Kier alpha value is -3.29. The maximum atomic E-state index is 6.15. The van der Waals surface area contributed by atoms with Gasteiger partial charge in [0, 0.05) is 50.8 Å². The van der Waals surface area contributed by atoms with Crippen LogP contribution in [0, 0.1) is 0 Å². The van der Waals surface area contributed by atoms with Gasteiger partial charge in [0.25, 0.3) is 0 Å². The van der Waals surface area contributed by atoms with Gasteiger partial charge in [-0.1, -0.05) is 26.0 Å². The zero-order valence-corrected chi connectivity index (χ0v) is 18.1. The van der Waals surface area contributed by atoms with Crippen molar-refractivity contribution < 1.29 is 0 Å². The largest absolute Gasteiger partial charge is 0.383 e. The molecule has 1 aliphatic rings. The number of imidazole rings is 1. The highest BCUT2D eigenvalue weighted by Crippen LogP contribution is 2.30. The van der Waals surface area contributed by atoms with E-state index in [2.05, 4.69) is 49.0 Å². The third kappa shape index (κ3) is 4.42. The molecular formula is C24H29N7. The van der Waals surface area contributed by atoms with Crippen LogP contribution in [0.25, 0.3) is 28.2 Å². The van der Waals surface area contributed by atoms with Crippen LogP contribution < -0.4 is 11.1 Å². The molecule has 0 atom stereocenters. The molecule has 0 bridgehead atoms. The normalized spacial score (nSPS) is 14.3. The molecule has 0 spiro atoms. The highest BCUT2D eigenvalue weighted by molar-refractivity contribution is 5.82. The average Bonchev–Trinajstić information content (AvgIpc) is 3.21. The molecule has 3 N–H and O–H groups in total. The summed E-state index contributed by atoms with van der Waals surface area (Å²) in [5.74, 6) is 1.21. The van der Waals surface area contributed by atoms with E-state index in [0.717, 1.165) is 61.0 Å². The maximum absolute atomic E-state index is 6.15. The first-order valence-electron chi connectivity index (χ1n) is 10.9. The fraction of sp³-hybridized carbons (Fsp3) is 0.292. The second-order valence-electron chi connectivity index (χ2n) is 7.25. The molecule has 7 nitrogen and oxygen atoms in total. The predicted octanol–water partition coefficient (Wildman–Crippen LogP) is 3.50. The Morgan fingerprint density at radius 1 is 0.935 bits per heavy atom. The van der Waals surface area contributed by atoms with Crippen molar-refractivity contribution in [2.24, 2.45) is 0 Å². The first-order valence-corrected chi connectivity index (χ1v) is 10.9. The van der Waals surface area contributed by atoms with Gasteiger partial charge in [-0.2, -0.15) is 0 Å². The molecule has 31 heavy (non-hydrogen) atoms. The molecule has 0 radical (unpaired) electrons. The Kier molecular flexibility index (Phi) is 6.54. The molecule has 0 unspecified atom stereocenters. The minimum absolute atomic E-state index is 0.458. The van der Waals surface area contributed by atoms with Crippen LogP contribution in [0.15, 0.2) is 60.9 Å². The monoisotopic (exact) mass is 415 g/mol. The number of piperazine rings is 1. The molecule has 0 saturated carbocycles. The van der Waals surface area contributed by atoms with Crippen LogP contribution in [-0.2, 0) is 6.54 Å². The van der Waals surface area contributed by atoms with Crippen molar-refractivity contribution in [3.05, 3.63) is 66.5 Å². The molecule has 5 rings (SSSR count). The lowest BCUT2D eigenvalue weighted by molar-refractivity contribution is 0.233. The van der Waals surface area contributed by atoms with Gasteiger partial charge in [0.15, 0.2) is 11.5 Å². The van der Waals surface area contributed by atoms with Crippen molar-refractivity contribution in [3.8, 4) is 17.1 Å². The SMILES string of the molecule is CC.Nc1ncccc1-c1nc2cccnc2n1-c1ccc(CN2CCNCC2)cc1. The lowest BCUT2D eigenvalue weighted by Gasteiger charge is -2.27. The number of nitrogen functional groups attached to an aromatic ring is 1. The smallest absolute Gasteiger partial charge is 0.164 e. The zero-order chi connectivity index (χ0) is 21.6. The fourth-order valence-electron chi connectivity index (χ4n) is 3.82. The van der Waals surface area contributed by atoms with Gasteiger partial charge in [-0.05, 0) is 42.0 Å². The highest BCUT2D eigenvalue weighted by atomic mass is 15.2. The first-order chi connectivity index (χ1) is 15.3. The van der Waals surface area contributed by atoms with E-state index in [1.807, 2.05) is 38.1 Å². The Labute approximate surface area is 183 Å². The molecule has 0 aliphatic carbocycles. The van der Waals surface area contributed by atoms with Crippen molar-refractivity contribution in [3.63, 3.8) is 0 Å². The third-order valence-corrected chi connectivity index (χ3v) is 5.31. The molecule has 0 amide bonds. The quantitative estimate of drug-likeness (QED) is 0.531. The third-order valence-electron chi connectivity index (χ3n) is 5.31. The molecule has 3 aromatic heterocycles. The van der Waals surface area contributed by atoms with Gasteiger partial charge < -0.3 is 11.1 Å². The van der Waals surface area contributed by atoms with Crippen LogP contribution in [0.1, 0.15) is 19.4 Å². The second kappa shape index (κ2) is 9.68. The summed E-state index contributed by atoms with van der Waals surface area (Å²) in [7, 11) is 0. The van der Waals surface area contributed by atoms with E-state index in [4.69, 9.17) is 10.7 Å². The lowest BCUT2D eigenvalue weighted by Crippen LogP contribution is -2.42. The molecule has 1 aromatic carbocycles. The van der Waals surface area contributed by atoms with Gasteiger partial charge in [0.2, 0.25) is 0 Å². The lowest BCUT2D eigenvalue weighted by atomic mass is 10.1. The van der Waals surface area contributed by atoms with E-state index in [1.165, 1.54) is 5.56 Å². The minimum atomic E-state index is 0.458. The average molecular weight is 416 g/mol. The highest BCUT2D eigenvalue weighted by Gasteiger charge is 2.17. The summed E-state index contributed by atoms with van der Waals surface area (Å²) in [6, 6.07) is 16.3. The van der Waals surface area contributed by atoms with Crippen molar-refractivity contribution >= 4 is 17.0 Å². The number of hydrogen-bond acceptors (Lipinski definition) is 6. The number of rotatable bonds is 4. The Bertz CT molecular complexity index is 1130. The Morgan fingerprint density at radius 3 is 2.39 bits per heavy atom. The van der Waals surface area contributed by atoms with E-state index in [-0.39, 0.29) is 0 Å². The maximum Gasteiger partial charge on any atom is 0.164 e. The molecule has 7 heteroatoms. The van der Waals surface area contributed by atoms with Crippen molar-refractivity contribution in [1.82, 2.24) is 29.7 Å². The molecular weight excluding hydrogens is 386 g/mol. The fourth-order valence-corrected chi connectivity index (χ4v) is 3.82. The number of hydrogen-bond donors (Lipinski definition) is 2. The summed E-state index contributed by atoms with van der Waals surface area (Å²) >= 11 is 0. The summed E-state index contributed by atoms with van der Waals surface area (Å²) in [6.07, 6.45) is 3.48. The summed E-state index contributed by atoms with van der Waals surface area (Å²) in [5, 5.41) is 3.40. The van der Waals surface area contributed by atoms with Crippen LogP contribution in [0.5, 0.6) is 0 Å². The van der Waals surface area contributed by atoms with Gasteiger partial charge in [-0.25, -0.2) is 15.0 Å². The van der Waals surface area contributed by atoms with E-state index < -0.39 is 0 Å². The summed E-state index contributed by atoms with van der Waals surface area (Å²) < 4.78 is 2.05. The summed E-state index contributed by atoms with van der Waals surface area (Å²) in [5.41, 5.74) is 10.9. The minimum Gasteiger partial charge on any atom is -0.383 e. The zero-order valence-electron chi connectivity index (χ0n) is 18.1. The second-order valence-corrected chi connectivity index (χ2v) is 7.25. The number of fused-ring (bicyclic) bond motifs is 1. The summed E-state index contributed by atoms with van der Waals surface area (Å²) in [4.78, 5) is 16.1. The summed E-state index contributed by atoms with van der Waals surface area (Å²) in [6.45, 7) is 9.25. The van der Waals surface area contributed by atoms with Crippen LogP contribution in [-0.4, -0.2) is 50.6 Å². The molecule has 1 aliphatic heterocycles. The van der Waals surface area contributed by atoms with Crippen molar-refractivity contribution in [2.75, 3.05) is 31.9 Å². The van der Waals surface area contributed by atoms with Gasteiger partial charge in [0.05, 0.1) is 5.56 Å². The Balaban J connectivity index is 0.00000112. The standard InChI is InChI=1S/C22H23N7.C2H6/c23-20-18(3-1-9-25-20)21-27-19-4-2-10-26-22(19)29(21)17-7-5-16(6-8-17)15-28-13-11-24-12-14-28;1-2/h1-10,24H,11-15H2,(H2,23,25);1-2H3. The van der Waals surface area contributed by atoms with Gasteiger partial charge in [-0.3, -0.25) is 9.47 Å². The number of pyridine rings is 2. The van der Waals surface area contributed by atoms with Crippen molar-refractivity contribution in [1.29, 1.82) is 0 Å². The number of benzene rings is 1. The number of aromatic nitrogens is 4. The molecule has 4 aromatic rings. The first kappa shape index (κ1) is 21.0. The van der Waals surface area contributed by atoms with E-state index in [9.17, 15) is 0 Å². The number of anilines is 1. The molecule has 1 saturated heterocycles. The van der Waals surface area contributed by atoms with E-state index in [0.29, 0.717) is 5.82 Å². The number of nitrogens with two attached hydrogens (primary N) is 1. The molecule has 160 valence electrons. The van der Waals surface area contributed by atoms with Crippen LogP contribution in [0.2, 0.25) is 0 Å². The van der Waals surface area contributed by atoms with E-state index in [1.54, 1.807) is 12.4 Å². The predicted molar refractivity (Wildman–Crippen MR) is 126 cm³/mol. The Morgan fingerprint density at radius 2 is 1.65 bits per heavy atom. The van der Waals surface area contributed by atoms with Crippen LogP contribution in [0.4, 0.5) is 5.82 Å². The topological polar surface area (TPSA) is 84.9 Å². The van der Waals surface area contributed by atoms with Crippen LogP contribution in [0.3, 0.4) is 0 Å². The van der Waals surface area contributed by atoms with Gasteiger partial charge >= 0.3 is 0 Å². The number of nitrogens with one attached hydrogen (secondary N) is 1. The van der Waals surface area contributed by atoms with E-state index >= 15 is 0 Å². The van der Waals surface area contributed by atoms with Gasteiger partial charge in [0.1, 0.15) is 11.3 Å².